The maximum Gasteiger partial charge on any atom is 0.257 e. The summed E-state index contributed by atoms with van der Waals surface area (Å²) < 4.78 is 0. The van der Waals surface area contributed by atoms with Crippen LogP contribution in [-0.2, 0) is 4.79 Å². The van der Waals surface area contributed by atoms with Gasteiger partial charge < -0.3 is 5.32 Å². The standard InChI is InChI=1S/C11H21N3O/c1-6-9(15)12-14-7-10(2,3)13-11(4,5)8-14/h6,13H,1,7-8H2,2-5H3,(H,12,15). The molecule has 0 atom stereocenters. The third-order valence-electron chi connectivity index (χ3n) is 2.30. The molecule has 0 radical (unpaired) electrons. The first kappa shape index (κ1) is 12.2. The van der Waals surface area contributed by atoms with Crippen molar-refractivity contribution in [2.75, 3.05) is 13.1 Å². The largest absolute Gasteiger partial charge is 0.304 e. The number of carbonyl (C=O) groups excluding carboxylic acids is 1. The highest BCUT2D eigenvalue weighted by Gasteiger charge is 2.36. The van der Waals surface area contributed by atoms with Gasteiger partial charge in [0.2, 0.25) is 0 Å². The van der Waals surface area contributed by atoms with E-state index in [1.54, 1.807) is 0 Å². The summed E-state index contributed by atoms with van der Waals surface area (Å²) in [6.45, 7) is 13.5. The van der Waals surface area contributed by atoms with Gasteiger partial charge in [0, 0.05) is 24.2 Å². The zero-order chi connectivity index (χ0) is 11.7. The maximum absolute atomic E-state index is 11.2. The predicted molar refractivity (Wildman–Crippen MR) is 61.2 cm³/mol. The first-order valence-electron chi connectivity index (χ1n) is 5.21. The number of piperazine rings is 1. The van der Waals surface area contributed by atoms with Crippen LogP contribution in [0.3, 0.4) is 0 Å². The minimum Gasteiger partial charge on any atom is -0.304 e. The van der Waals surface area contributed by atoms with E-state index in [2.05, 4.69) is 45.0 Å². The molecule has 0 spiro atoms. The summed E-state index contributed by atoms with van der Waals surface area (Å²) in [6.07, 6.45) is 1.29. The molecule has 0 aromatic heterocycles. The van der Waals surface area contributed by atoms with Crippen LogP contribution >= 0.6 is 0 Å². The van der Waals surface area contributed by atoms with Gasteiger partial charge in [-0.05, 0) is 33.8 Å². The molecule has 1 amide bonds. The van der Waals surface area contributed by atoms with Crippen LogP contribution < -0.4 is 10.7 Å². The van der Waals surface area contributed by atoms with Gasteiger partial charge in [-0.15, -0.1) is 0 Å². The number of carbonyl (C=O) groups is 1. The summed E-state index contributed by atoms with van der Waals surface area (Å²) in [4.78, 5) is 11.2. The summed E-state index contributed by atoms with van der Waals surface area (Å²) >= 11 is 0. The Bertz CT molecular complexity index is 255. The highest BCUT2D eigenvalue weighted by Crippen LogP contribution is 2.19. The molecule has 0 aromatic carbocycles. The molecule has 0 unspecified atom stereocenters. The van der Waals surface area contributed by atoms with Crippen molar-refractivity contribution in [1.82, 2.24) is 15.8 Å². The summed E-state index contributed by atoms with van der Waals surface area (Å²) in [5.74, 6) is -0.150. The zero-order valence-corrected chi connectivity index (χ0v) is 10.1. The first-order chi connectivity index (χ1) is 6.74. The molecule has 0 aromatic rings. The van der Waals surface area contributed by atoms with Crippen molar-refractivity contribution >= 4 is 5.91 Å². The molecule has 4 nitrogen and oxygen atoms in total. The van der Waals surface area contributed by atoms with Crippen LogP contribution in [0.4, 0.5) is 0 Å². The quantitative estimate of drug-likeness (QED) is 0.660. The average Bonchev–Trinajstić information content (AvgIpc) is 1.97. The Labute approximate surface area is 91.7 Å². The lowest BCUT2D eigenvalue weighted by molar-refractivity contribution is -0.123. The van der Waals surface area contributed by atoms with Gasteiger partial charge in [-0.3, -0.25) is 10.2 Å². The van der Waals surface area contributed by atoms with Crippen molar-refractivity contribution in [3.05, 3.63) is 12.7 Å². The molecule has 0 saturated carbocycles. The van der Waals surface area contributed by atoms with Crippen LogP contribution in [0.25, 0.3) is 0 Å². The molecule has 1 fully saturated rings. The van der Waals surface area contributed by atoms with Crippen molar-refractivity contribution < 1.29 is 4.79 Å². The first-order valence-corrected chi connectivity index (χ1v) is 5.21. The fourth-order valence-electron chi connectivity index (χ4n) is 2.29. The minimum atomic E-state index is -0.150. The fourth-order valence-corrected chi connectivity index (χ4v) is 2.29. The average molecular weight is 211 g/mol. The van der Waals surface area contributed by atoms with Crippen molar-refractivity contribution in [1.29, 1.82) is 0 Å². The summed E-state index contributed by atoms with van der Waals surface area (Å²) in [5.41, 5.74) is 2.81. The number of nitrogens with zero attached hydrogens (tertiary/aromatic N) is 1. The molecule has 1 aliphatic rings. The van der Waals surface area contributed by atoms with E-state index < -0.39 is 0 Å². The molecule has 2 N–H and O–H groups in total. The Balaban J connectivity index is 2.67. The second kappa shape index (κ2) is 3.94. The lowest BCUT2D eigenvalue weighted by Crippen LogP contribution is -2.69. The lowest BCUT2D eigenvalue weighted by atomic mass is 9.92. The Hall–Kier alpha value is -0.870. The second-order valence-electron chi connectivity index (χ2n) is 5.43. The highest BCUT2D eigenvalue weighted by atomic mass is 16.2. The summed E-state index contributed by atoms with van der Waals surface area (Å²) in [5, 5.41) is 5.48. The van der Waals surface area contributed by atoms with E-state index in [-0.39, 0.29) is 17.0 Å². The third kappa shape index (κ3) is 3.64. The van der Waals surface area contributed by atoms with Crippen molar-refractivity contribution in [2.45, 2.75) is 38.8 Å². The van der Waals surface area contributed by atoms with Gasteiger partial charge in [0.15, 0.2) is 0 Å². The van der Waals surface area contributed by atoms with E-state index in [1.807, 2.05) is 5.01 Å². The Morgan fingerprint density at radius 2 is 1.80 bits per heavy atom. The van der Waals surface area contributed by atoms with Gasteiger partial charge >= 0.3 is 0 Å². The minimum absolute atomic E-state index is 0.00377. The van der Waals surface area contributed by atoms with Gasteiger partial charge in [-0.25, -0.2) is 5.01 Å². The van der Waals surface area contributed by atoms with Crippen LogP contribution in [0.5, 0.6) is 0 Å². The Morgan fingerprint density at radius 1 is 1.33 bits per heavy atom. The second-order valence-corrected chi connectivity index (χ2v) is 5.43. The number of hydrogen-bond donors (Lipinski definition) is 2. The van der Waals surface area contributed by atoms with Crippen LogP contribution in [0.15, 0.2) is 12.7 Å². The number of nitrogens with one attached hydrogen (secondary N) is 2. The molecule has 0 bridgehead atoms. The van der Waals surface area contributed by atoms with Gasteiger partial charge in [-0.1, -0.05) is 6.58 Å². The molecule has 1 rings (SSSR count). The van der Waals surface area contributed by atoms with Crippen molar-refractivity contribution in [3.63, 3.8) is 0 Å². The van der Waals surface area contributed by atoms with E-state index in [9.17, 15) is 4.79 Å². The Kier molecular flexibility index (Phi) is 3.21. The molecule has 0 aliphatic carbocycles. The van der Waals surface area contributed by atoms with Gasteiger partial charge in [0.25, 0.3) is 5.91 Å². The van der Waals surface area contributed by atoms with Crippen LogP contribution in [0, 0.1) is 0 Å². The SMILES string of the molecule is C=CC(=O)NN1CC(C)(C)NC(C)(C)C1. The van der Waals surface area contributed by atoms with Crippen LogP contribution in [0.2, 0.25) is 0 Å². The molecule has 1 aliphatic heterocycles. The third-order valence-corrected chi connectivity index (χ3v) is 2.30. The van der Waals surface area contributed by atoms with E-state index in [0.29, 0.717) is 0 Å². The summed E-state index contributed by atoms with van der Waals surface area (Å²) in [6, 6.07) is 0. The van der Waals surface area contributed by atoms with Crippen molar-refractivity contribution in [2.24, 2.45) is 0 Å². The van der Waals surface area contributed by atoms with E-state index >= 15 is 0 Å². The van der Waals surface area contributed by atoms with Crippen molar-refractivity contribution in [3.8, 4) is 0 Å². The Morgan fingerprint density at radius 3 is 2.20 bits per heavy atom. The van der Waals surface area contributed by atoms with E-state index in [4.69, 9.17) is 0 Å². The number of hydrazine groups is 1. The van der Waals surface area contributed by atoms with E-state index in [1.165, 1.54) is 6.08 Å². The topological polar surface area (TPSA) is 44.4 Å². The summed E-state index contributed by atoms with van der Waals surface area (Å²) in [7, 11) is 0. The highest BCUT2D eigenvalue weighted by molar-refractivity contribution is 5.86. The molecule has 86 valence electrons. The normalized spacial score (nSPS) is 24.5. The molecule has 15 heavy (non-hydrogen) atoms. The van der Waals surface area contributed by atoms with E-state index in [0.717, 1.165) is 13.1 Å². The van der Waals surface area contributed by atoms with Gasteiger partial charge in [0.05, 0.1) is 0 Å². The molecular formula is C11H21N3O. The maximum atomic E-state index is 11.2. The lowest BCUT2D eigenvalue weighted by Gasteiger charge is -2.47. The number of rotatable bonds is 2. The number of amides is 1. The zero-order valence-electron chi connectivity index (χ0n) is 10.1. The van der Waals surface area contributed by atoms with Crippen LogP contribution in [0.1, 0.15) is 27.7 Å². The molecular weight excluding hydrogens is 190 g/mol. The van der Waals surface area contributed by atoms with Crippen LogP contribution in [-0.4, -0.2) is 35.1 Å². The molecule has 4 heteroatoms. The van der Waals surface area contributed by atoms with Gasteiger partial charge in [0.1, 0.15) is 0 Å². The molecule has 1 heterocycles. The fraction of sp³-hybridized carbons (Fsp3) is 0.727. The molecule has 1 saturated heterocycles. The predicted octanol–water partition coefficient (Wildman–Crippen LogP) is 0.666. The smallest absolute Gasteiger partial charge is 0.257 e. The monoisotopic (exact) mass is 211 g/mol. The number of hydrogen-bond acceptors (Lipinski definition) is 3. The van der Waals surface area contributed by atoms with Gasteiger partial charge in [-0.2, -0.15) is 0 Å².